The van der Waals surface area contributed by atoms with Crippen LogP contribution in [0.15, 0.2) is 29.2 Å². The first kappa shape index (κ1) is 19.4. The van der Waals surface area contributed by atoms with E-state index >= 15 is 0 Å². The lowest BCUT2D eigenvalue weighted by Crippen LogP contribution is -2.46. The molecule has 0 radical (unpaired) electrons. The minimum Gasteiger partial charge on any atom is -0.494 e. The summed E-state index contributed by atoms with van der Waals surface area (Å²) in [5.74, 6) is 0.537. The van der Waals surface area contributed by atoms with Crippen molar-refractivity contribution < 1.29 is 17.9 Å². The van der Waals surface area contributed by atoms with E-state index in [0.29, 0.717) is 18.8 Å². The largest absolute Gasteiger partial charge is 0.494 e. The lowest BCUT2D eigenvalue weighted by molar-refractivity contribution is -0.130. The Kier molecular flexibility index (Phi) is 7.02. The molecule has 0 bridgehead atoms. The third-order valence-corrected chi connectivity index (χ3v) is 4.68. The van der Waals surface area contributed by atoms with Crippen LogP contribution in [0.1, 0.15) is 27.2 Å². The lowest BCUT2D eigenvalue weighted by Gasteiger charge is -2.23. The number of benzene rings is 1. The minimum absolute atomic E-state index is 0.112. The summed E-state index contributed by atoms with van der Waals surface area (Å²) in [5, 5.41) is 0. The van der Waals surface area contributed by atoms with Gasteiger partial charge in [0.05, 0.1) is 11.5 Å². The molecule has 1 rings (SSSR count). The molecule has 0 unspecified atom stereocenters. The Labute approximate surface area is 138 Å². The number of hydrogen-bond acceptors (Lipinski definition) is 4. The first-order valence-electron chi connectivity index (χ1n) is 7.63. The Morgan fingerprint density at radius 2 is 1.78 bits per heavy atom. The molecule has 1 atom stereocenters. The van der Waals surface area contributed by atoms with Gasteiger partial charge in [0.15, 0.2) is 0 Å². The second-order valence-corrected chi connectivity index (χ2v) is 7.65. The highest BCUT2D eigenvalue weighted by Crippen LogP contribution is 2.17. The van der Waals surface area contributed by atoms with Gasteiger partial charge >= 0.3 is 0 Å². The molecule has 0 saturated carbocycles. The quantitative estimate of drug-likeness (QED) is 0.782. The topological polar surface area (TPSA) is 75.7 Å². The molecule has 0 aliphatic rings. The zero-order valence-corrected chi connectivity index (χ0v) is 15.2. The monoisotopic (exact) mass is 342 g/mol. The molecule has 0 heterocycles. The van der Waals surface area contributed by atoms with Gasteiger partial charge in [-0.3, -0.25) is 4.79 Å². The van der Waals surface area contributed by atoms with Crippen LogP contribution in [0.2, 0.25) is 0 Å². The van der Waals surface area contributed by atoms with Crippen molar-refractivity contribution in [1.82, 2.24) is 9.62 Å². The molecular weight excluding hydrogens is 316 g/mol. The first-order chi connectivity index (χ1) is 10.7. The van der Waals surface area contributed by atoms with Crippen LogP contribution in [-0.2, 0) is 14.8 Å². The van der Waals surface area contributed by atoms with Gasteiger partial charge in [-0.15, -0.1) is 0 Å². The van der Waals surface area contributed by atoms with Crippen molar-refractivity contribution in [1.29, 1.82) is 0 Å². The molecular formula is C16H26N2O4S. The number of likely N-dealkylation sites (N-methyl/N-ethyl adjacent to an activating group) is 1. The number of amides is 1. The van der Waals surface area contributed by atoms with Gasteiger partial charge in [-0.1, -0.05) is 13.8 Å². The maximum Gasteiger partial charge on any atom is 0.241 e. The highest BCUT2D eigenvalue weighted by Gasteiger charge is 2.27. The Morgan fingerprint density at radius 1 is 1.22 bits per heavy atom. The van der Waals surface area contributed by atoms with E-state index in [4.69, 9.17) is 4.74 Å². The van der Waals surface area contributed by atoms with Gasteiger partial charge in [-0.05, 0) is 43.5 Å². The van der Waals surface area contributed by atoms with Crippen molar-refractivity contribution in [2.24, 2.45) is 5.92 Å². The van der Waals surface area contributed by atoms with E-state index < -0.39 is 16.1 Å². The summed E-state index contributed by atoms with van der Waals surface area (Å²) in [5.41, 5.74) is 0. The maximum absolute atomic E-state index is 12.5. The zero-order valence-electron chi connectivity index (χ0n) is 14.4. The van der Waals surface area contributed by atoms with Crippen LogP contribution in [0.3, 0.4) is 0 Å². The van der Waals surface area contributed by atoms with Gasteiger partial charge in [0.1, 0.15) is 11.8 Å². The number of rotatable bonds is 8. The highest BCUT2D eigenvalue weighted by atomic mass is 32.2. The molecule has 6 nitrogen and oxygen atoms in total. The van der Waals surface area contributed by atoms with E-state index in [2.05, 4.69) is 4.72 Å². The Bertz CT molecular complexity index is 609. The first-order valence-corrected chi connectivity index (χ1v) is 9.12. The van der Waals surface area contributed by atoms with E-state index in [1.54, 1.807) is 26.2 Å². The molecule has 1 aromatic rings. The average Bonchev–Trinajstić information content (AvgIpc) is 2.46. The molecule has 130 valence electrons. The average molecular weight is 342 g/mol. The molecule has 0 aliphatic carbocycles. The van der Waals surface area contributed by atoms with Gasteiger partial charge in [-0.25, -0.2) is 8.42 Å². The van der Waals surface area contributed by atoms with Gasteiger partial charge < -0.3 is 9.64 Å². The lowest BCUT2D eigenvalue weighted by atomic mass is 10.0. The van der Waals surface area contributed by atoms with Crippen molar-refractivity contribution in [3.05, 3.63) is 24.3 Å². The standard InChI is InChI=1S/C16H26N2O4S/c1-6-22-13-7-9-14(10-8-13)23(20,21)17-15(11-12(2)3)16(19)18(4)5/h7-10,12,15,17H,6,11H2,1-5H3/t15-/m1/s1. The van der Waals surface area contributed by atoms with Crippen LogP contribution in [0.5, 0.6) is 5.75 Å². The second-order valence-electron chi connectivity index (χ2n) is 5.94. The fraction of sp³-hybridized carbons (Fsp3) is 0.562. The summed E-state index contributed by atoms with van der Waals surface area (Å²) >= 11 is 0. The normalized spacial score (nSPS) is 13.0. The van der Waals surface area contributed by atoms with Crippen LogP contribution in [0.25, 0.3) is 0 Å². The van der Waals surface area contributed by atoms with Crippen LogP contribution >= 0.6 is 0 Å². The summed E-state index contributed by atoms with van der Waals surface area (Å²) in [6.07, 6.45) is 0.438. The SMILES string of the molecule is CCOc1ccc(S(=O)(=O)N[C@H](CC(C)C)C(=O)N(C)C)cc1. The van der Waals surface area contributed by atoms with Crippen LogP contribution in [0, 0.1) is 5.92 Å². The van der Waals surface area contributed by atoms with Gasteiger partial charge in [0.25, 0.3) is 0 Å². The predicted octanol–water partition coefficient (Wildman–Crippen LogP) is 1.87. The third kappa shape index (κ3) is 5.84. The van der Waals surface area contributed by atoms with Crippen molar-refractivity contribution in [2.45, 2.75) is 38.1 Å². The zero-order chi connectivity index (χ0) is 17.6. The summed E-state index contributed by atoms with van der Waals surface area (Å²) < 4.78 is 32.8. The predicted molar refractivity (Wildman–Crippen MR) is 89.9 cm³/mol. The number of carbonyl (C=O) groups is 1. The van der Waals surface area contributed by atoms with E-state index in [1.807, 2.05) is 20.8 Å². The molecule has 0 spiro atoms. The smallest absolute Gasteiger partial charge is 0.241 e. The fourth-order valence-corrected chi connectivity index (χ4v) is 3.32. The summed E-state index contributed by atoms with van der Waals surface area (Å²) in [7, 11) is -0.545. The molecule has 23 heavy (non-hydrogen) atoms. The second kappa shape index (κ2) is 8.31. The number of carbonyl (C=O) groups excluding carboxylic acids is 1. The van der Waals surface area contributed by atoms with E-state index in [-0.39, 0.29) is 16.7 Å². The maximum atomic E-state index is 12.5. The Hall–Kier alpha value is -1.60. The Balaban J connectivity index is 2.98. The fourth-order valence-electron chi connectivity index (χ4n) is 2.12. The van der Waals surface area contributed by atoms with Gasteiger partial charge in [-0.2, -0.15) is 4.72 Å². The summed E-state index contributed by atoms with van der Waals surface area (Å²) in [6, 6.07) is 5.37. The number of sulfonamides is 1. The van der Waals surface area contributed by atoms with Crippen molar-refractivity contribution >= 4 is 15.9 Å². The molecule has 0 saturated heterocycles. The summed E-state index contributed by atoms with van der Waals surface area (Å²) in [6.45, 7) is 6.26. The van der Waals surface area contributed by atoms with E-state index in [9.17, 15) is 13.2 Å². The minimum atomic E-state index is -3.77. The molecule has 0 fully saturated rings. The van der Waals surface area contributed by atoms with Crippen molar-refractivity contribution in [3.8, 4) is 5.75 Å². The van der Waals surface area contributed by atoms with Gasteiger partial charge in [0, 0.05) is 14.1 Å². The highest BCUT2D eigenvalue weighted by molar-refractivity contribution is 7.89. The van der Waals surface area contributed by atoms with Crippen LogP contribution in [-0.4, -0.2) is 46.0 Å². The molecule has 0 aromatic heterocycles. The molecule has 1 aromatic carbocycles. The molecule has 7 heteroatoms. The summed E-state index contributed by atoms with van der Waals surface area (Å²) in [4.78, 5) is 13.7. The van der Waals surface area contributed by atoms with Gasteiger partial charge in [0.2, 0.25) is 15.9 Å². The van der Waals surface area contributed by atoms with Crippen LogP contribution in [0.4, 0.5) is 0 Å². The van der Waals surface area contributed by atoms with Crippen LogP contribution < -0.4 is 9.46 Å². The Morgan fingerprint density at radius 3 is 2.22 bits per heavy atom. The van der Waals surface area contributed by atoms with Crippen molar-refractivity contribution in [3.63, 3.8) is 0 Å². The molecule has 1 amide bonds. The van der Waals surface area contributed by atoms with E-state index in [1.165, 1.54) is 17.0 Å². The van der Waals surface area contributed by atoms with E-state index in [0.717, 1.165) is 0 Å². The molecule has 1 N–H and O–H groups in total. The number of nitrogens with zero attached hydrogens (tertiary/aromatic N) is 1. The third-order valence-electron chi connectivity index (χ3n) is 3.19. The number of hydrogen-bond donors (Lipinski definition) is 1. The molecule has 0 aliphatic heterocycles. The number of nitrogens with one attached hydrogen (secondary N) is 1. The van der Waals surface area contributed by atoms with Crippen molar-refractivity contribution in [2.75, 3.05) is 20.7 Å². The number of ether oxygens (including phenoxy) is 1.